The number of nitriles is 1. The number of allylic oxidation sites excluding steroid dienone is 1. The third kappa shape index (κ3) is 3.90. The van der Waals surface area contributed by atoms with E-state index in [1.807, 2.05) is 54.6 Å². The summed E-state index contributed by atoms with van der Waals surface area (Å²) in [5.41, 5.74) is 3.31. The number of H-pyrrole nitrogens is 1. The Morgan fingerprint density at radius 2 is 1.75 bits per heavy atom. The summed E-state index contributed by atoms with van der Waals surface area (Å²) in [6, 6.07) is 13.7. The summed E-state index contributed by atoms with van der Waals surface area (Å²) in [7, 11) is 0. The molecule has 1 aromatic carbocycles. The number of aromatic amines is 1. The molecule has 116 valence electrons. The van der Waals surface area contributed by atoms with Crippen molar-refractivity contribution in [2.45, 2.75) is 0 Å². The van der Waals surface area contributed by atoms with Crippen LogP contribution in [0.5, 0.6) is 0 Å². The van der Waals surface area contributed by atoms with Gasteiger partial charge in [0.05, 0.1) is 0 Å². The van der Waals surface area contributed by atoms with Crippen molar-refractivity contribution in [3.05, 3.63) is 71.9 Å². The summed E-state index contributed by atoms with van der Waals surface area (Å²) < 4.78 is 0. The maximum atomic E-state index is 9.10. The first kappa shape index (κ1) is 15.1. The highest BCUT2D eigenvalue weighted by Crippen LogP contribution is 2.14. The highest BCUT2D eigenvalue weighted by molar-refractivity contribution is 5.74. The van der Waals surface area contributed by atoms with Crippen LogP contribution < -0.4 is 5.32 Å². The maximum Gasteiger partial charge on any atom is 0.216 e. The molecule has 3 rings (SSSR count). The van der Waals surface area contributed by atoms with Crippen LogP contribution in [0, 0.1) is 11.3 Å². The van der Waals surface area contributed by atoms with Crippen LogP contribution in [0.2, 0.25) is 0 Å². The number of nitrogens with zero attached hydrogens (tertiary/aromatic N) is 5. The SMILES string of the molecule is N#CC(=CNc1ccc(C=Cc2ccncc2)cc1)c1nn[nH]n1. The van der Waals surface area contributed by atoms with Crippen molar-refractivity contribution in [1.29, 1.82) is 5.26 Å². The molecule has 0 bridgehead atoms. The average Bonchev–Trinajstić information content (AvgIpc) is 3.17. The molecule has 0 radical (unpaired) electrons. The van der Waals surface area contributed by atoms with E-state index in [1.54, 1.807) is 18.6 Å². The smallest absolute Gasteiger partial charge is 0.216 e. The molecule has 2 heterocycles. The Labute approximate surface area is 138 Å². The molecule has 24 heavy (non-hydrogen) atoms. The van der Waals surface area contributed by atoms with E-state index in [1.165, 1.54) is 0 Å². The first-order valence-electron chi connectivity index (χ1n) is 7.14. The summed E-state index contributed by atoms with van der Waals surface area (Å²) >= 11 is 0. The number of nitrogens with one attached hydrogen (secondary N) is 2. The van der Waals surface area contributed by atoms with Gasteiger partial charge in [0.2, 0.25) is 5.82 Å². The number of aromatic nitrogens is 5. The van der Waals surface area contributed by atoms with Gasteiger partial charge in [0.15, 0.2) is 0 Å². The second-order valence-electron chi connectivity index (χ2n) is 4.79. The lowest BCUT2D eigenvalue weighted by molar-refractivity contribution is 0.881. The van der Waals surface area contributed by atoms with E-state index in [2.05, 4.69) is 30.9 Å². The normalized spacial score (nSPS) is 11.4. The highest BCUT2D eigenvalue weighted by Gasteiger charge is 2.04. The Kier molecular flexibility index (Phi) is 4.70. The fourth-order valence-corrected chi connectivity index (χ4v) is 1.94. The Hall–Kier alpha value is -3.79. The summed E-state index contributed by atoms with van der Waals surface area (Å²) in [6.45, 7) is 0. The molecule has 0 saturated heterocycles. The van der Waals surface area contributed by atoms with Gasteiger partial charge in [-0.15, -0.1) is 10.2 Å². The third-order valence-corrected chi connectivity index (χ3v) is 3.17. The van der Waals surface area contributed by atoms with Gasteiger partial charge in [-0.1, -0.05) is 24.3 Å². The Balaban J connectivity index is 1.67. The summed E-state index contributed by atoms with van der Waals surface area (Å²) in [5, 5.41) is 25.5. The molecule has 0 saturated carbocycles. The lowest BCUT2D eigenvalue weighted by Gasteiger charge is -2.02. The van der Waals surface area contributed by atoms with E-state index in [4.69, 9.17) is 5.26 Å². The summed E-state index contributed by atoms with van der Waals surface area (Å²) in [5.74, 6) is 0.252. The van der Waals surface area contributed by atoms with E-state index in [9.17, 15) is 0 Å². The van der Waals surface area contributed by atoms with Crippen LogP contribution in [-0.2, 0) is 0 Å². The number of benzene rings is 1. The van der Waals surface area contributed by atoms with Gasteiger partial charge >= 0.3 is 0 Å². The van der Waals surface area contributed by atoms with E-state index < -0.39 is 0 Å². The van der Waals surface area contributed by atoms with Crippen LogP contribution in [0.25, 0.3) is 17.7 Å². The molecule has 0 aliphatic rings. The van der Waals surface area contributed by atoms with Crippen molar-refractivity contribution in [2.75, 3.05) is 5.32 Å². The van der Waals surface area contributed by atoms with Crippen LogP contribution >= 0.6 is 0 Å². The number of rotatable bonds is 5. The van der Waals surface area contributed by atoms with Gasteiger partial charge in [0, 0.05) is 24.3 Å². The van der Waals surface area contributed by atoms with Gasteiger partial charge in [0.25, 0.3) is 0 Å². The zero-order valence-corrected chi connectivity index (χ0v) is 12.6. The molecule has 0 aliphatic heterocycles. The second kappa shape index (κ2) is 7.47. The second-order valence-corrected chi connectivity index (χ2v) is 4.79. The minimum atomic E-state index is 0.252. The zero-order chi connectivity index (χ0) is 16.6. The van der Waals surface area contributed by atoms with Crippen LogP contribution in [0.15, 0.2) is 55.0 Å². The minimum absolute atomic E-state index is 0.252. The van der Waals surface area contributed by atoms with E-state index >= 15 is 0 Å². The van der Waals surface area contributed by atoms with Crippen molar-refractivity contribution in [2.24, 2.45) is 0 Å². The quantitative estimate of drug-likeness (QED) is 0.702. The van der Waals surface area contributed by atoms with Gasteiger partial charge < -0.3 is 5.32 Å². The molecular weight excluding hydrogens is 302 g/mol. The largest absolute Gasteiger partial charge is 0.360 e. The standard InChI is InChI=1S/C17H13N7/c18-11-15(17-21-23-24-22-17)12-20-16-5-3-13(4-6-16)1-2-14-7-9-19-10-8-14/h1-10,12,20H,(H,21,22,23,24). The fraction of sp³-hybridized carbons (Fsp3) is 0. The van der Waals surface area contributed by atoms with Crippen LogP contribution in [0.1, 0.15) is 17.0 Å². The van der Waals surface area contributed by atoms with Crippen molar-refractivity contribution in [3.63, 3.8) is 0 Å². The molecule has 0 amide bonds. The summed E-state index contributed by atoms with van der Waals surface area (Å²) in [4.78, 5) is 3.99. The van der Waals surface area contributed by atoms with Crippen molar-refractivity contribution >= 4 is 23.4 Å². The Bertz CT molecular complexity index is 873. The molecule has 3 aromatic rings. The molecule has 0 atom stereocenters. The van der Waals surface area contributed by atoms with E-state index in [0.717, 1.165) is 16.8 Å². The van der Waals surface area contributed by atoms with Crippen molar-refractivity contribution < 1.29 is 0 Å². The van der Waals surface area contributed by atoms with Crippen LogP contribution in [0.4, 0.5) is 5.69 Å². The number of pyridine rings is 1. The third-order valence-electron chi connectivity index (χ3n) is 3.17. The van der Waals surface area contributed by atoms with Gasteiger partial charge in [0.1, 0.15) is 11.6 Å². The molecule has 7 heteroatoms. The van der Waals surface area contributed by atoms with E-state index in [-0.39, 0.29) is 5.82 Å². The minimum Gasteiger partial charge on any atom is -0.360 e. The number of hydrogen-bond acceptors (Lipinski definition) is 6. The lowest BCUT2D eigenvalue weighted by Crippen LogP contribution is -1.92. The molecule has 0 aliphatic carbocycles. The number of hydrogen-bond donors (Lipinski definition) is 2. The predicted molar refractivity (Wildman–Crippen MR) is 91.0 cm³/mol. The molecule has 0 fully saturated rings. The molecule has 7 nitrogen and oxygen atoms in total. The van der Waals surface area contributed by atoms with Gasteiger partial charge in [-0.25, -0.2) is 0 Å². The van der Waals surface area contributed by atoms with E-state index in [0.29, 0.717) is 5.57 Å². The first-order valence-corrected chi connectivity index (χ1v) is 7.14. The first-order chi connectivity index (χ1) is 11.8. The van der Waals surface area contributed by atoms with Gasteiger partial charge in [-0.05, 0) is 40.6 Å². The lowest BCUT2D eigenvalue weighted by atomic mass is 10.1. The Morgan fingerprint density at radius 1 is 1.04 bits per heavy atom. The van der Waals surface area contributed by atoms with Crippen molar-refractivity contribution in [1.82, 2.24) is 25.6 Å². The molecule has 2 aromatic heterocycles. The number of anilines is 1. The van der Waals surface area contributed by atoms with Crippen molar-refractivity contribution in [3.8, 4) is 6.07 Å². The highest BCUT2D eigenvalue weighted by atomic mass is 15.5. The molecular formula is C17H13N7. The summed E-state index contributed by atoms with van der Waals surface area (Å²) in [6.07, 6.45) is 9.11. The monoisotopic (exact) mass is 315 g/mol. The van der Waals surface area contributed by atoms with Gasteiger partial charge in [-0.2, -0.15) is 10.5 Å². The number of tetrazole rings is 1. The fourth-order valence-electron chi connectivity index (χ4n) is 1.94. The van der Waals surface area contributed by atoms with Crippen LogP contribution in [-0.4, -0.2) is 25.6 Å². The topological polar surface area (TPSA) is 103 Å². The van der Waals surface area contributed by atoms with Crippen LogP contribution in [0.3, 0.4) is 0 Å². The average molecular weight is 315 g/mol. The maximum absolute atomic E-state index is 9.10. The molecule has 0 unspecified atom stereocenters. The predicted octanol–water partition coefficient (Wildman–Crippen LogP) is 2.74. The molecule has 2 N–H and O–H groups in total. The Morgan fingerprint density at radius 3 is 2.38 bits per heavy atom. The van der Waals surface area contributed by atoms with Gasteiger partial charge in [-0.3, -0.25) is 4.98 Å². The zero-order valence-electron chi connectivity index (χ0n) is 12.6. The molecule has 0 spiro atoms.